The zero-order valence-electron chi connectivity index (χ0n) is 24.5. The van der Waals surface area contributed by atoms with Gasteiger partial charge in [-0.25, -0.2) is 4.98 Å². The van der Waals surface area contributed by atoms with Gasteiger partial charge in [0.15, 0.2) is 5.78 Å². The second kappa shape index (κ2) is 15.2. The molecular weight excluding hydrogens is 530 g/mol. The maximum atomic E-state index is 13.7. The van der Waals surface area contributed by atoms with Crippen LogP contribution in [0.25, 0.3) is 10.2 Å². The second-order valence-electron chi connectivity index (χ2n) is 11.2. The van der Waals surface area contributed by atoms with Crippen LogP contribution in [0.3, 0.4) is 0 Å². The molecular formula is C34H43N3O3S. The number of benzene rings is 2. The van der Waals surface area contributed by atoms with Crippen LogP contribution in [0.2, 0.25) is 0 Å². The molecule has 0 bridgehead atoms. The van der Waals surface area contributed by atoms with Crippen molar-refractivity contribution in [1.82, 2.24) is 15.2 Å². The van der Waals surface area contributed by atoms with E-state index in [4.69, 9.17) is 4.98 Å². The third kappa shape index (κ3) is 9.17. The summed E-state index contributed by atoms with van der Waals surface area (Å²) in [6.45, 7) is 10.7. The van der Waals surface area contributed by atoms with Crippen molar-refractivity contribution < 1.29 is 14.4 Å². The molecule has 1 aliphatic rings. The smallest absolute Gasteiger partial charge is 0.224 e. The van der Waals surface area contributed by atoms with Crippen LogP contribution >= 0.6 is 11.3 Å². The number of Topliss-reactive ketones (excluding diaryl/α,β-unsaturated/α-hetero) is 2. The van der Waals surface area contributed by atoms with Gasteiger partial charge in [-0.2, -0.15) is 0 Å². The van der Waals surface area contributed by atoms with Crippen LogP contribution in [0.1, 0.15) is 68.5 Å². The number of nitrogens with zero attached hydrogens (tertiary/aromatic N) is 2. The van der Waals surface area contributed by atoms with Crippen LogP contribution in [0.15, 0.2) is 60.7 Å². The number of carbonyl (C=O) groups is 3. The summed E-state index contributed by atoms with van der Waals surface area (Å²) < 4.78 is 1.11. The topological polar surface area (TPSA) is 79.4 Å². The summed E-state index contributed by atoms with van der Waals surface area (Å²) in [5.74, 6) is -0.535. The van der Waals surface area contributed by atoms with Crippen molar-refractivity contribution in [3.05, 3.63) is 76.8 Å². The molecule has 0 spiro atoms. The highest BCUT2D eigenvalue weighted by Crippen LogP contribution is 2.27. The maximum Gasteiger partial charge on any atom is 0.224 e. The number of rotatable bonds is 16. The van der Waals surface area contributed by atoms with Crippen molar-refractivity contribution in [2.45, 2.75) is 77.7 Å². The number of aryl methyl sites for hydroxylation is 1. The van der Waals surface area contributed by atoms with Gasteiger partial charge in [0.2, 0.25) is 5.91 Å². The minimum Gasteiger partial charge on any atom is -0.353 e. The Bertz CT molecular complexity index is 1340. The van der Waals surface area contributed by atoms with E-state index in [1.54, 1.807) is 11.3 Å². The molecule has 2 atom stereocenters. The molecule has 0 radical (unpaired) electrons. The summed E-state index contributed by atoms with van der Waals surface area (Å²) in [7, 11) is 0. The normalized spacial score (nSPS) is 15.1. The van der Waals surface area contributed by atoms with Crippen LogP contribution in [0.5, 0.6) is 0 Å². The lowest BCUT2D eigenvalue weighted by Crippen LogP contribution is -2.41. The first-order chi connectivity index (χ1) is 19.8. The number of amides is 1. The van der Waals surface area contributed by atoms with Crippen LogP contribution in [0, 0.1) is 5.92 Å². The Morgan fingerprint density at radius 2 is 1.78 bits per heavy atom. The quantitative estimate of drug-likeness (QED) is 0.209. The molecule has 1 saturated heterocycles. The van der Waals surface area contributed by atoms with Gasteiger partial charge >= 0.3 is 0 Å². The molecule has 0 unspecified atom stereocenters. The first kappa shape index (κ1) is 30.8. The Morgan fingerprint density at radius 1 is 1.02 bits per heavy atom. The number of carbonyl (C=O) groups excluding carboxylic acids is 3. The van der Waals surface area contributed by atoms with Gasteiger partial charge in [0, 0.05) is 43.8 Å². The summed E-state index contributed by atoms with van der Waals surface area (Å²) in [4.78, 5) is 46.3. The average molecular weight is 574 g/mol. The van der Waals surface area contributed by atoms with Crippen LogP contribution in [0.4, 0.5) is 0 Å². The molecule has 0 aliphatic carbocycles. The van der Waals surface area contributed by atoms with E-state index in [0.29, 0.717) is 44.2 Å². The summed E-state index contributed by atoms with van der Waals surface area (Å²) in [5.41, 5.74) is 3.92. The van der Waals surface area contributed by atoms with Gasteiger partial charge in [-0.3, -0.25) is 19.3 Å². The first-order valence-electron chi connectivity index (χ1n) is 15.0. The summed E-state index contributed by atoms with van der Waals surface area (Å²) >= 11 is 1.60. The molecule has 1 aromatic heterocycles. The van der Waals surface area contributed by atoms with E-state index in [1.807, 2.05) is 43.3 Å². The summed E-state index contributed by atoms with van der Waals surface area (Å²) in [5, 5.41) is 4.09. The number of hydrogen-bond donors (Lipinski definition) is 1. The number of thiazole rings is 1. The van der Waals surface area contributed by atoms with Gasteiger partial charge in [0.25, 0.3) is 0 Å². The molecule has 2 heterocycles. The SMILES string of the molecule is C=C(CN1CCCC1)C(=O)CC[C@H](Cc1ccccc1)NC(=O)[C@@H](CC(=O)CC)Cc1nc2ccc(CC)cc2s1. The Hall–Kier alpha value is -3.16. The van der Waals surface area contributed by atoms with E-state index < -0.39 is 5.92 Å². The fourth-order valence-corrected chi connectivity index (χ4v) is 6.55. The van der Waals surface area contributed by atoms with Crippen molar-refractivity contribution in [3.63, 3.8) is 0 Å². The Morgan fingerprint density at radius 3 is 2.49 bits per heavy atom. The largest absolute Gasteiger partial charge is 0.353 e. The Labute approximate surface area is 248 Å². The Kier molecular flexibility index (Phi) is 11.4. The molecule has 0 saturated carbocycles. The molecule has 4 rings (SSSR count). The molecule has 1 aliphatic heterocycles. The van der Waals surface area contributed by atoms with Crippen LogP contribution in [-0.4, -0.2) is 53.0 Å². The zero-order chi connectivity index (χ0) is 29.2. The molecule has 6 nitrogen and oxygen atoms in total. The fraction of sp³-hybridized carbons (Fsp3) is 0.471. The highest BCUT2D eigenvalue weighted by Gasteiger charge is 2.26. The van der Waals surface area contributed by atoms with E-state index in [-0.39, 0.29) is 29.9 Å². The number of hydrogen-bond acceptors (Lipinski definition) is 6. The lowest BCUT2D eigenvalue weighted by molar-refractivity contribution is -0.130. The van der Waals surface area contributed by atoms with E-state index in [0.717, 1.165) is 40.3 Å². The number of ketones is 2. The van der Waals surface area contributed by atoms with Gasteiger partial charge in [0.05, 0.1) is 21.1 Å². The fourth-order valence-electron chi connectivity index (χ4n) is 5.44. The summed E-state index contributed by atoms with van der Waals surface area (Å²) in [6.07, 6.45) is 5.77. The van der Waals surface area contributed by atoms with E-state index in [2.05, 4.69) is 35.9 Å². The number of nitrogens with one attached hydrogen (secondary N) is 1. The number of aromatic nitrogens is 1. The summed E-state index contributed by atoms with van der Waals surface area (Å²) in [6, 6.07) is 16.1. The minimum atomic E-state index is -0.507. The lowest BCUT2D eigenvalue weighted by Gasteiger charge is -2.23. The monoisotopic (exact) mass is 573 g/mol. The molecule has 1 fully saturated rings. The molecule has 1 amide bonds. The third-order valence-corrected chi connectivity index (χ3v) is 9.00. The van der Waals surface area contributed by atoms with E-state index in [1.165, 1.54) is 18.4 Å². The molecule has 41 heavy (non-hydrogen) atoms. The second-order valence-corrected chi connectivity index (χ2v) is 12.3. The highest BCUT2D eigenvalue weighted by molar-refractivity contribution is 7.18. The van der Waals surface area contributed by atoms with Gasteiger partial charge in [-0.15, -0.1) is 11.3 Å². The Balaban J connectivity index is 1.46. The van der Waals surface area contributed by atoms with Crippen LogP contribution < -0.4 is 5.32 Å². The van der Waals surface area contributed by atoms with Crippen molar-refractivity contribution in [2.75, 3.05) is 19.6 Å². The third-order valence-electron chi connectivity index (χ3n) is 7.96. The number of likely N-dealkylation sites (tertiary alicyclic amines) is 1. The predicted molar refractivity (Wildman–Crippen MR) is 167 cm³/mol. The maximum absolute atomic E-state index is 13.7. The minimum absolute atomic E-state index is 0.0582. The van der Waals surface area contributed by atoms with Crippen molar-refractivity contribution in [3.8, 4) is 0 Å². The first-order valence-corrected chi connectivity index (χ1v) is 15.8. The molecule has 218 valence electrons. The standard InChI is InChI=1S/C34H43N3O3S/c1-4-25-13-15-30-32(20-25)41-33(36-30)22-27(21-29(38)5-2)34(40)35-28(19-26-11-7-6-8-12-26)14-16-31(39)24(3)23-37-17-9-10-18-37/h6-8,11-13,15,20,27-28H,3-5,9-10,14,16-19,21-23H2,1-2H3,(H,35,40)/t27-,28+/m0/s1. The van der Waals surface area contributed by atoms with Crippen molar-refractivity contribution in [1.29, 1.82) is 0 Å². The van der Waals surface area contributed by atoms with Gasteiger partial charge in [0.1, 0.15) is 5.78 Å². The molecule has 7 heteroatoms. The molecule has 2 aromatic carbocycles. The van der Waals surface area contributed by atoms with Gasteiger partial charge < -0.3 is 5.32 Å². The lowest BCUT2D eigenvalue weighted by atomic mass is 9.94. The van der Waals surface area contributed by atoms with Crippen molar-refractivity contribution >= 4 is 39.0 Å². The van der Waals surface area contributed by atoms with Gasteiger partial charge in [-0.05, 0) is 68.5 Å². The van der Waals surface area contributed by atoms with Gasteiger partial charge in [-0.1, -0.05) is 56.8 Å². The van der Waals surface area contributed by atoms with Crippen molar-refractivity contribution in [2.24, 2.45) is 5.92 Å². The average Bonchev–Trinajstić information content (AvgIpc) is 3.64. The number of fused-ring (bicyclic) bond motifs is 1. The molecule has 1 N–H and O–H groups in total. The van der Waals surface area contributed by atoms with Crippen LogP contribution in [-0.2, 0) is 33.6 Å². The zero-order valence-corrected chi connectivity index (χ0v) is 25.3. The molecule has 3 aromatic rings. The predicted octanol–water partition coefficient (Wildman–Crippen LogP) is 6.12. The van der Waals surface area contributed by atoms with E-state index in [9.17, 15) is 14.4 Å². The highest BCUT2D eigenvalue weighted by atomic mass is 32.1. The van der Waals surface area contributed by atoms with E-state index >= 15 is 0 Å².